The number of aromatic nitrogens is 1. The van der Waals surface area contributed by atoms with Gasteiger partial charge in [-0.15, -0.1) is 0 Å². The second-order valence-corrected chi connectivity index (χ2v) is 10.8. The van der Waals surface area contributed by atoms with Crippen molar-refractivity contribution in [1.82, 2.24) is 4.98 Å². The minimum absolute atomic E-state index is 0.00923. The maximum Gasteiger partial charge on any atom is 0.219 e. The van der Waals surface area contributed by atoms with Crippen molar-refractivity contribution in [1.29, 1.82) is 0 Å². The molecule has 3 aromatic carbocycles. The lowest BCUT2D eigenvalue weighted by Crippen LogP contribution is -2.39. The number of para-hydroxylation sites is 1. The average Bonchev–Trinajstić information content (AvgIpc) is 3.25. The number of nitrogens with zero attached hydrogens (tertiary/aromatic N) is 2. The number of rotatable bonds is 3. The summed E-state index contributed by atoms with van der Waals surface area (Å²) in [4.78, 5) is 9.70. The van der Waals surface area contributed by atoms with Gasteiger partial charge in [-0.3, -0.25) is 4.99 Å². The molecule has 0 spiro atoms. The first-order valence-corrected chi connectivity index (χ1v) is 11.9. The van der Waals surface area contributed by atoms with Gasteiger partial charge >= 0.3 is 0 Å². The van der Waals surface area contributed by atoms with Crippen molar-refractivity contribution >= 4 is 27.7 Å². The van der Waals surface area contributed by atoms with E-state index in [-0.39, 0.29) is 22.0 Å². The Morgan fingerprint density at radius 2 is 1.73 bits per heavy atom. The van der Waals surface area contributed by atoms with Crippen molar-refractivity contribution in [2.75, 3.05) is 0 Å². The Hall–Kier alpha value is -3.31. The Kier molecular flexibility index (Phi) is 4.36. The van der Waals surface area contributed by atoms with Gasteiger partial charge in [0, 0.05) is 22.4 Å². The molecule has 2 atom stereocenters. The van der Waals surface area contributed by atoms with Crippen LogP contribution in [-0.4, -0.2) is 19.9 Å². The van der Waals surface area contributed by atoms with Gasteiger partial charge in [0.2, 0.25) is 5.88 Å². The third kappa shape index (κ3) is 2.99. The van der Waals surface area contributed by atoms with Crippen molar-refractivity contribution in [3.63, 3.8) is 0 Å². The molecule has 0 unspecified atom stereocenters. The molecule has 5 heteroatoms. The number of pyridine rings is 1. The second-order valence-electron chi connectivity index (χ2n) is 9.39. The molecular weight excluding hydrogens is 428 g/mol. The molecule has 1 N–H and O–H groups in total. The number of hydrogen-bond acceptors (Lipinski definition) is 5. The maximum atomic E-state index is 10.1. The second kappa shape index (κ2) is 7.09. The van der Waals surface area contributed by atoms with E-state index in [9.17, 15) is 5.11 Å². The van der Waals surface area contributed by atoms with Crippen molar-refractivity contribution < 1.29 is 9.84 Å². The first-order valence-electron chi connectivity index (χ1n) is 11.1. The van der Waals surface area contributed by atoms with Crippen molar-refractivity contribution in [3.05, 3.63) is 95.6 Å². The predicted molar refractivity (Wildman–Crippen MR) is 135 cm³/mol. The third-order valence-corrected chi connectivity index (χ3v) is 8.92. The lowest BCUT2D eigenvalue weighted by atomic mass is 9.78. The fourth-order valence-corrected chi connectivity index (χ4v) is 6.51. The topological polar surface area (TPSA) is 54.7 Å². The van der Waals surface area contributed by atoms with Gasteiger partial charge in [0.25, 0.3) is 0 Å². The molecule has 1 aliphatic heterocycles. The maximum absolute atomic E-state index is 10.1. The van der Waals surface area contributed by atoms with Gasteiger partial charge in [0.05, 0.1) is 15.8 Å². The lowest BCUT2D eigenvalue weighted by molar-refractivity contribution is 0.386. The highest BCUT2D eigenvalue weighted by Gasteiger charge is 2.59. The quantitative estimate of drug-likeness (QED) is 0.363. The number of thioether (sulfide) groups is 1. The zero-order valence-electron chi connectivity index (χ0n) is 18.7. The Morgan fingerprint density at radius 3 is 2.61 bits per heavy atom. The first-order chi connectivity index (χ1) is 15.9. The van der Waals surface area contributed by atoms with E-state index >= 15 is 0 Å². The zero-order chi connectivity index (χ0) is 22.8. The van der Waals surface area contributed by atoms with Crippen LogP contribution in [0.25, 0.3) is 10.9 Å². The van der Waals surface area contributed by atoms with E-state index in [0.29, 0.717) is 17.1 Å². The van der Waals surface area contributed by atoms with Crippen LogP contribution in [0.15, 0.2) is 83.9 Å². The van der Waals surface area contributed by atoms with Crippen LogP contribution in [0.4, 0.5) is 0 Å². The van der Waals surface area contributed by atoms with Crippen LogP contribution in [0.3, 0.4) is 0 Å². The van der Waals surface area contributed by atoms with Gasteiger partial charge in [-0.05, 0) is 42.3 Å². The molecular formula is C28H24N2O2S. The summed E-state index contributed by atoms with van der Waals surface area (Å²) < 4.78 is 6.03. The van der Waals surface area contributed by atoms with Gasteiger partial charge in [-0.25, -0.2) is 4.98 Å². The first kappa shape index (κ1) is 20.3. The number of aliphatic imine (C=N–C) groups is 1. The van der Waals surface area contributed by atoms with Crippen molar-refractivity contribution in [2.24, 2.45) is 4.99 Å². The molecule has 0 fully saturated rings. The van der Waals surface area contributed by atoms with Gasteiger partial charge in [-0.1, -0.05) is 74.1 Å². The van der Waals surface area contributed by atoms with E-state index in [1.807, 2.05) is 48.2 Å². The number of phenols is 1. The number of aromatic hydroxyl groups is 1. The largest absolute Gasteiger partial charge is 0.506 e. The summed E-state index contributed by atoms with van der Waals surface area (Å²) in [6.45, 7) is 7.00. The van der Waals surface area contributed by atoms with Crippen LogP contribution >= 0.6 is 11.8 Å². The normalized spacial score (nSPS) is 22.6. The van der Waals surface area contributed by atoms with E-state index in [1.165, 1.54) is 11.1 Å². The summed E-state index contributed by atoms with van der Waals surface area (Å²) in [6, 6.07) is 25.9. The summed E-state index contributed by atoms with van der Waals surface area (Å²) in [6.07, 6.45) is 0. The third-order valence-electron chi connectivity index (χ3n) is 7.22. The number of ether oxygens (including phenoxy) is 1. The Bertz CT molecular complexity index is 1450. The molecule has 0 amide bonds. The monoisotopic (exact) mass is 452 g/mol. The van der Waals surface area contributed by atoms with Crippen LogP contribution in [0, 0.1) is 0 Å². The molecule has 1 aromatic heterocycles. The van der Waals surface area contributed by atoms with Crippen LogP contribution in [0.5, 0.6) is 17.4 Å². The smallest absolute Gasteiger partial charge is 0.219 e. The van der Waals surface area contributed by atoms with Gasteiger partial charge in [0.15, 0.2) is 0 Å². The van der Waals surface area contributed by atoms with Gasteiger partial charge in [0.1, 0.15) is 17.0 Å². The minimum atomic E-state index is -0.0414. The Labute approximate surface area is 197 Å². The van der Waals surface area contributed by atoms with E-state index in [0.717, 1.165) is 16.0 Å². The Morgan fingerprint density at radius 1 is 0.909 bits per heavy atom. The number of fused-ring (bicyclic) bond motifs is 4. The number of benzene rings is 3. The molecule has 0 saturated heterocycles. The summed E-state index contributed by atoms with van der Waals surface area (Å²) in [7, 11) is 0. The van der Waals surface area contributed by atoms with E-state index in [1.54, 1.807) is 12.1 Å². The van der Waals surface area contributed by atoms with E-state index < -0.39 is 0 Å². The van der Waals surface area contributed by atoms with Crippen LogP contribution in [-0.2, 0) is 5.41 Å². The van der Waals surface area contributed by atoms with Gasteiger partial charge in [-0.2, -0.15) is 0 Å². The molecule has 4 aromatic rings. The lowest BCUT2D eigenvalue weighted by Gasteiger charge is -2.37. The van der Waals surface area contributed by atoms with Crippen LogP contribution < -0.4 is 4.74 Å². The molecule has 2 aliphatic rings. The Balaban J connectivity index is 1.33. The van der Waals surface area contributed by atoms with Gasteiger partial charge < -0.3 is 9.84 Å². The fraction of sp³-hybridized carbons (Fsp3) is 0.214. The minimum Gasteiger partial charge on any atom is -0.506 e. The highest BCUT2D eigenvalue weighted by atomic mass is 32.2. The zero-order valence-corrected chi connectivity index (χ0v) is 19.6. The fourth-order valence-electron chi connectivity index (χ4n) is 5.05. The highest BCUT2D eigenvalue weighted by molar-refractivity contribution is 8.16. The summed E-state index contributed by atoms with van der Waals surface area (Å²) in [5, 5.41) is 12.0. The molecule has 4 nitrogen and oxygen atoms in total. The molecule has 164 valence electrons. The molecule has 2 heterocycles. The number of hydrogen-bond donors (Lipinski definition) is 1. The molecule has 0 bridgehead atoms. The average molecular weight is 453 g/mol. The highest BCUT2D eigenvalue weighted by Crippen LogP contribution is 2.63. The standard InChI is InChI=1S/C28H24N2O2S/c1-27(2)21-12-5-4-11-20(21)25-28(27,3)33-26(30-25)18-9-6-10-19(16-18)32-23-15-14-17-8-7-13-22(31)24(17)29-23/h4-16,25,31H,1-3H3/t25-,28-/m0/s1. The van der Waals surface area contributed by atoms with Crippen LogP contribution in [0.1, 0.15) is 43.5 Å². The SMILES string of the molecule is CC1(C)c2ccccc2[C@@H]2N=C(c3cccc(Oc4ccc5cccc(O)c5n4)c3)S[C@@]21C. The molecule has 0 saturated carbocycles. The summed E-state index contributed by atoms with van der Waals surface area (Å²) >= 11 is 1.86. The van der Waals surface area contributed by atoms with Crippen LogP contribution in [0.2, 0.25) is 0 Å². The summed E-state index contributed by atoms with van der Waals surface area (Å²) in [5.41, 5.74) is 4.32. The van der Waals surface area contributed by atoms with Crippen molar-refractivity contribution in [3.8, 4) is 17.4 Å². The van der Waals surface area contributed by atoms with E-state index in [4.69, 9.17) is 9.73 Å². The molecule has 1 aliphatic carbocycles. The molecule has 6 rings (SSSR count). The number of phenolic OH excluding ortho intramolecular Hbond substituents is 1. The predicted octanol–water partition coefficient (Wildman–Crippen LogP) is 7.02. The van der Waals surface area contributed by atoms with Crippen molar-refractivity contribution in [2.45, 2.75) is 37.0 Å². The molecule has 0 radical (unpaired) electrons. The molecule has 33 heavy (non-hydrogen) atoms. The summed E-state index contributed by atoms with van der Waals surface area (Å²) in [5.74, 6) is 1.28. The van der Waals surface area contributed by atoms with E-state index in [2.05, 4.69) is 56.1 Å².